The highest BCUT2D eigenvalue weighted by atomic mass is 15.4. The Morgan fingerprint density at radius 1 is 1.58 bits per heavy atom. The zero-order valence-electron chi connectivity index (χ0n) is 7.06. The molecule has 12 heavy (non-hydrogen) atoms. The van der Waals surface area contributed by atoms with E-state index in [0.29, 0.717) is 0 Å². The summed E-state index contributed by atoms with van der Waals surface area (Å²) in [4.78, 5) is 2.26. The smallest absolute Gasteiger partial charge is 0.114 e. The molecule has 4 nitrogen and oxygen atoms in total. The van der Waals surface area contributed by atoms with E-state index >= 15 is 0 Å². The van der Waals surface area contributed by atoms with E-state index in [4.69, 9.17) is 0 Å². The first-order valence-corrected chi connectivity index (χ1v) is 4.02. The number of aromatic nitrogens is 3. The van der Waals surface area contributed by atoms with Crippen LogP contribution in [0.3, 0.4) is 0 Å². The molecule has 0 N–H and O–H groups in total. The van der Waals surface area contributed by atoms with E-state index in [9.17, 15) is 0 Å². The monoisotopic (exact) mass is 163 g/mol. The zero-order valence-corrected chi connectivity index (χ0v) is 7.06. The molecule has 0 bridgehead atoms. The summed E-state index contributed by atoms with van der Waals surface area (Å²) in [6, 6.07) is 0. The first-order valence-electron chi connectivity index (χ1n) is 4.02. The van der Waals surface area contributed by atoms with Crippen molar-refractivity contribution < 1.29 is 0 Å². The normalized spacial score (nSPS) is 19.2. The molecule has 0 saturated carbocycles. The maximum Gasteiger partial charge on any atom is 0.114 e. The topological polar surface area (TPSA) is 34.0 Å². The Kier molecular flexibility index (Phi) is 1.91. The van der Waals surface area contributed by atoms with Crippen molar-refractivity contribution in [3.8, 4) is 0 Å². The van der Waals surface area contributed by atoms with Gasteiger partial charge in [-0.2, -0.15) is 0 Å². The van der Waals surface area contributed by atoms with Crippen molar-refractivity contribution in [2.24, 2.45) is 0 Å². The van der Waals surface area contributed by atoms with Gasteiger partial charge >= 0.3 is 0 Å². The number of rotatable bonds is 1. The highest BCUT2D eigenvalue weighted by molar-refractivity contribution is 5.44. The van der Waals surface area contributed by atoms with E-state index in [0.717, 1.165) is 19.5 Å². The fourth-order valence-corrected chi connectivity index (χ4v) is 1.28. The van der Waals surface area contributed by atoms with Gasteiger partial charge in [0.05, 0.1) is 6.20 Å². The molecule has 1 radical (unpaired) electrons. The van der Waals surface area contributed by atoms with Gasteiger partial charge in [-0.3, -0.25) is 0 Å². The van der Waals surface area contributed by atoms with Gasteiger partial charge in [-0.15, -0.1) is 5.10 Å². The maximum absolute atomic E-state index is 3.89. The predicted octanol–water partition coefficient (Wildman–Crippen LogP) is 0.255. The fourth-order valence-electron chi connectivity index (χ4n) is 1.28. The average Bonchev–Trinajstić information content (AvgIpc) is 2.58. The van der Waals surface area contributed by atoms with Crippen LogP contribution in [0, 0.1) is 6.20 Å². The largest absolute Gasteiger partial charge is 0.302 e. The summed E-state index contributed by atoms with van der Waals surface area (Å²) < 4.78 is 1.72. The van der Waals surface area contributed by atoms with Crippen LogP contribution in [-0.4, -0.2) is 40.0 Å². The summed E-state index contributed by atoms with van der Waals surface area (Å²) in [5.74, 6) is 0. The van der Waals surface area contributed by atoms with Crippen molar-refractivity contribution in [3.05, 3.63) is 18.5 Å². The molecule has 2 heterocycles. The number of nitrogens with zero attached hydrogens (tertiary/aromatic N) is 4. The first kappa shape index (κ1) is 7.49. The van der Waals surface area contributed by atoms with Gasteiger partial charge in [0, 0.05) is 25.2 Å². The molecule has 0 saturated heterocycles. The quantitative estimate of drug-likeness (QED) is 0.595. The fraction of sp³-hybridized carbons (Fsp3) is 0.500. The van der Waals surface area contributed by atoms with Gasteiger partial charge in [0.2, 0.25) is 0 Å². The second-order valence-corrected chi connectivity index (χ2v) is 2.98. The number of hydrogen-bond acceptors (Lipinski definition) is 3. The third-order valence-electron chi connectivity index (χ3n) is 2.04. The zero-order chi connectivity index (χ0) is 8.39. The lowest BCUT2D eigenvalue weighted by atomic mass is 10.2. The van der Waals surface area contributed by atoms with Crippen molar-refractivity contribution in [1.29, 1.82) is 0 Å². The van der Waals surface area contributed by atoms with Crippen LogP contribution in [0.25, 0.3) is 5.70 Å². The summed E-state index contributed by atoms with van der Waals surface area (Å²) in [5.41, 5.74) is 1.20. The van der Waals surface area contributed by atoms with Crippen LogP contribution in [0.15, 0.2) is 12.3 Å². The molecular weight excluding hydrogens is 152 g/mol. The van der Waals surface area contributed by atoms with Crippen molar-refractivity contribution in [2.45, 2.75) is 6.42 Å². The van der Waals surface area contributed by atoms with E-state index in [-0.39, 0.29) is 0 Å². The average molecular weight is 163 g/mol. The Labute approximate surface area is 71.5 Å². The highest BCUT2D eigenvalue weighted by Gasteiger charge is 2.09. The highest BCUT2D eigenvalue weighted by Crippen LogP contribution is 2.12. The Morgan fingerprint density at radius 3 is 3.08 bits per heavy atom. The second-order valence-electron chi connectivity index (χ2n) is 2.98. The third kappa shape index (κ3) is 1.38. The minimum atomic E-state index is 0.989. The lowest BCUT2D eigenvalue weighted by Crippen LogP contribution is -2.25. The summed E-state index contributed by atoms with van der Waals surface area (Å²) >= 11 is 0. The first-order chi connectivity index (χ1) is 5.86. The van der Waals surface area contributed by atoms with Crippen LogP contribution in [0.4, 0.5) is 0 Å². The van der Waals surface area contributed by atoms with Gasteiger partial charge in [-0.25, -0.2) is 4.68 Å². The van der Waals surface area contributed by atoms with E-state index in [2.05, 4.69) is 34.5 Å². The Bertz CT molecular complexity index is 275. The Balaban J connectivity index is 2.16. The van der Waals surface area contributed by atoms with Gasteiger partial charge in [-0.1, -0.05) is 5.21 Å². The van der Waals surface area contributed by atoms with E-state index < -0.39 is 0 Å². The minimum absolute atomic E-state index is 0.989. The van der Waals surface area contributed by atoms with E-state index in [1.807, 2.05) is 0 Å². The summed E-state index contributed by atoms with van der Waals surface area (Å²) in [5, 5.41) is 7.61. The van der Waals surface area contributed by atoms with Crippen LogP contribution in [0.2, 0.25) is 0 Å². The molecule has 0 unspecified atom stereocenters. The van der Waals surface area contributed by atoms with Crippen LogP contribution in [-0.2, 0) is 0 Å². The Hall–Kier alpha value is -1.16. The maximum atomic E-state index is 3.89. The summed E-state index contributed by atoms with van der Waals surface area (Å²) in [6.45, 7) is 2.07. The molecule has 1 aliphatic heterocycles. The molecule has 63 valence electrons. The van der Waals surface area contributed by atoms with Gasteiger partial charge in [0.1, 0.15) is 6.20 Å². The van der Waals surface area contributed by atoms with Gasteiger partial charge in [0.25, 0.3) is 0 Å². The molecule has 2 rings (SSSR count). The van der Waals surface area contributed by atoms with Crippen LogP contribution in [0.1, 0.15) is 6.42 Å². The second kappa shape index (κ2) is 3.06. The third-order valence-corrected chi connectivity index (χ3v) is 2.04. The molecule has 0 aliphatic carbocycles. The number of hydrogen-bond donors (Lipinski definition) is 0. The van der Waals surface area contributed by atoms with E-state index in [1.165, 1.54) is 5.70 Å². The van der Waals surface area contributed by atoms with Crippen LogP contribution >= 0.6 is 0 Å². The van der Waals surface area contributed by atoms with Crippen molar-refractivity contribution in [2.75, 3.05) is 20.1 Å². The van der Waals surface area contributed by atoms with Crippen LogP contribution in [0.5, 0.6) is 0 Å². The van der Waals surface area contributed by atoms with E-state index in [1.54, 1.807) is 10.9 Å². The molecule has 1 aromatic heterocycles. The minimum Gasteiger partial charge on any atom is -0.302 e. The molecule has 1 aromatic rings. The molecule has 0 amide bonds. The van der Waals surface area contributed by atoms with Crippen LogP contribution < -0.4 is 0 Å². The summed E-state index contributed by atoms with van der Waals surface area (Å²) in [6.07, 6.45) is 7.70. The molecular formula is C8H11N4. The van der Waals surface area contributed by atoms with Crippen molar-refractivity contribution >= 4 is 5.70 Å². The predicted molar refractivity (Wildman–Crippen MR) is 45.2 cm³/mol. The van der Waals surface area contributed by atoms with Gasteiger partial charge in [0.15, 0.2) is 0 Å². The Morgan fingerprint density at radius 2 is 2.50 bits per heavy atom. The standard InChI is InChI=1S/C8H11N4/c1-11-5-2-8(3-6-11)12-7-4-9-10-12/h2,4H,3,5-6H2,1H3. The summed E-state index contributed by atoms with van der Waals surface area (Å²) in [7, 11) is 2.11. The number of likely N-dealkylation sites (N-methyl/N-ethyl adjacent to an activating group) is 1. The van der Waals surface area contributed by atoms with Gasteiger partial charge < -0.3 is 4.90 Å². The van der Waals surface area contributed by atoms with Crippen molar-refractivity contribution in [1.82, 2.24) is 19.9 Å². The van der Waals surface area contributed by atoms with Crippen molar-refractivity contribution in [3.63, 3.8) is 0 Å². The van der Waals surface area contributed by atoms with Gasteiger partial charge in [-0.05, 0) is 13.1 Å². The lowest BCUT2D eigenvalue weighted by Gasteiger charge is -2.21. The SMILES string of the molecule is CN1CC=C(n2[c]cnn2)CC1. The molecule has 0 spiro atoms. The lowest BCUT2D eigenvalue weighted by molar-refractivity contribution is 0.365. The molecule has 4 heteroatoms. The molecule has 0 atom stereocenters. The molecule has 0 fully saturated rings. The molecule has 1 aliphatic rings. The molecule has 0 aromatic carbocycles.